The van der Waals surface area contributed by atoms with Crippen molar-refractivity contribution in [3.63, 3.8) is 0 Å². The highest BCUT2D eigenvalue weighted by molar-refractivity contribution is 6.14. The highest BCUT2D eigenvalue weighted by atomic mass is 16.1. The summed E-state index contributed by atoms with van der Waals surface area (Å²) < 4.78 is 0. The second-order valence-electron chi connectivity index (χ2n) is 8.76. The number of rotatable bonds is 16. The van der Waals surface area contributed by atoms with E-state index in [1.54, 1.807) is 0 Å². The predicted molar refractivity (Wildman–Crippen MR) is 140 cm³/mol. The van der Waals surface area contributed by atoms with Crippen LogP contribution in [-0.4, -0.2) is 32.0 Å². The summed E-state index contributed by atoms with van der Waals surface area (Å²) in [5.41, 5.74) is 4.00. The molecule has 0 spiro atoms. The number of benzene rings is 2. The van der Waals surface area contributed by atoms with Gasteiger partial charge in [0.1, 0.15) is 0 Å². The van der Waals surface area contributed by atoms with E-state index >= 15 is 0 Å². The lowest BCUT2D eigenvalue weighted by Crippen LogP contribution is -2.32. The standard InChI is InChI=1S/C29H44N2O/c1-5-9-21-30(22-10-6-2)27-20-16-19-26(29(32)25-17-14-13-15-18-25)28(27)31(23-11-7-3)24-12-8-4/h13-20H,5-12,21-24H2,1-4H3. The molecular formula is C29H44N2O. The lowest BCUT2D eigenvalue weighted by molar-refractivity contribution is 0.103. The van der Waals surface area contributed by atoms with E-state index in [9.17, 15) is 4.79 Å². The Kier molecular flexibility index (Phi) is 11.9. The van der Waals surface area contributed by atoms with Crippen molar-refractivity contribution in [1.29, 1.82) is 0 Å². The average Bonchev–Trinajstić information content (AvgIpc) is 2.84. The lowest BCUT2D eigenvalue weighted by atomic mass is 9.98. The molecule has 3 heteroatoms. The first-order valence-corrected chi connectivity index (χ1v) is 12.9. The quantitative estimate of drug-likeness (QED) is 0.251. The summed E-state index contributed by atoms with van der Waals surface area (Å²) in [5.74, 6) is 0.131. The van der Waals surface area contributed by atoms with E-state index in [0.29, 0.717) is 0 Å². The Labute approximate surface area is 196 Å². The van der Waals surface area contributed by atoms with E-state index in [1.807, 2.05) is 36.4 Å². The van der Waals surface area contributed by atoms with Crippen LogP contribution < -0.4 is 9.80 Å². The third-order valence-electron chi connectivity index (χ3n) is 6.08. The summed E-state index contributed by atoms with van der Waals surface area (Å²) in [6.45, 7) is 13.1. The van der Waals surface area contributed by atoms with Gasteiger partial charge in [-0.15, -0.1) is 0 Å². The molecule has 0 aliphatic carbocycles. The van der Waals surface area contributed by atoms with E-state index in [1.165, 1.54) is 31.4 Å². The molecule has 2 aromatic rings. The topological polar surface area (TPSA) is 23.6 Å². The van der Waals surface area contributed by atoms with Crippen LogP contribution in [-0.2, 0) is 0 Å². The number of unbranched alkanes of at least 4 members (excludes halogenated alkanes) is 4. The van der Waals surface area contributed by atoms with E-state index in [-0.39, 0.29) is 5.78 Å². The van der Waals surface area contributed by atoms with Crippen LogP contribution >= 0.6 is 0 Å². The number of carbonyl (C=O) groups is 1. The van der Waals surface area contributed by atoms with Gasteiger partial charge in [0.25, 0.3) is 0 Å². The predicted octanol–water partition coefficient (Wildman–Crippen LogP) is 7.73. The minimum absolute atomic E-state index is 0.131. The molecular weight excluding hydrogens is 392 g/mol. The molecule has 0 aliphatic heterocycles. The van der Waals surface area contributed by atoms with Gasteiger partial charge in [0.15, 0.2) is 5.78 Å². The van der Waals surface area contributed by atoms with Gasteiger partial charge in [0.2, 0.25) is 0 Å². The van der Waals surface area contributed by atoms with Gasteiger partial charge >= 0.3 is 0 Å². The monoisotopic (exact) mass is 436 g/mol. The normalized spacial score (nSPS) is 10.9. The summed E-state index contributed by atoms with van der Waals surface area (Å²) >= 11 is 0. The van der Waals surface area contributed by atoms with Crippen LogP contribution in [0.1, 0.15) is 95.0 Å². The maximum Gasteiger partial charge on any atom is 0.195 e. The Morgan fingerprint density at radius 3 is 1.62 bits per heavy atom. The summed E-state index contributed by atoms with van der Waals surface area (Å²) in [6, 6.07) is 16.1. The number of ketones is 1. The summed E-state index contributed by atoms with van der Waals surface area (Å²) in [7, 11) is 0. The SMILES string of the molecule is CCCCN(CCCC)c1cccc(C(=O)c2ccccc2)c1N(CCCC)CCCC. The molecule has 0 bridgehead atoms. The van der Waals surface area contributed by atoms with Crippen LogP contribution in [0.3, 0.4) is 0 Å². The maximum atomic E-state index is 13.7. The fourth-order valence-electron chi connectivity index (χ4n) is 4.13. The number of anilines is 2. The molecule has 0 amide bonds. The van der Waals surface area contributed by atoms with Crippen molar-refractivity contribution in [3.8, 4) is 0 Å². The van der Waals surface area contributed by atoms with Crippen LogP contribution in [0.5, 0.6) is 0 Å². The fourth-order valence-corrected chi connectivity index (χ4v) is 4.13. The molecule has 0 saturated heterocycles. The van der Waals surface area contributed by atoms with Gasteiger partial charge in [-0.1, -0.05) is 89.8 Å². The van der Waals surface area contributed by atoms with Crippen molar-refractivity contribution >= 4 is 17.2 Å². The molecule has 0 fully saturated rings. The van der Waals surface area contributed by atoms with Crippen molar-refractivity contribution in [1.82, 2.24) is 0 Å². The van der Waals surface area contributed by atoms with Crippen molar-refractivity contribution in [2.45, 2.75) is 79.1 Å². The Morgan fingerprint density at radius 1 is 0.625 bits per heavy atom. The molecule has 3 nitrogen and oxygen atoms in total. The number of para-hydroxylation sites is 1. The largest absolute Gasteiger partial charge is 0.370 e. The smallest absolute Gasteiger partial charge is 0.195 e. The van der Waals surface area contributed by atoms with Crippen molar-refractivity contribution in [2.24, 2.45) is 0 Å². The van der Waals surface area contributed by atoms with Gasteiger partial charge in [-0.3, -0.25) is 4.79 Å². The number of hydrogen-bond acceptors (Lipinski definition) is 3. The van der Waals surface area contributed by atoms with Gasteiger partial charge in [-0.25, -0.2) is 0 Å². The van der Waals surface area contributed by atoms with Crippen LogP contribution in [0.25, 0.3) is 0 Å². The maximum absolute atomic E-state index is 13.7. The van der Waals surface area contributed by atoms with E-state index < -0.39 is 0 Å². The van der Waals surface area contributed by atoms with Crippen molar-refractivity contribution in [3.05, 3.63) is 59.7 Å². The van der Waals surface area contributed by atoms with Crippen molar-refractivity contribution in [2.75, 3.05) is 36.0 Å². The second-order valence-corrected chi connectivity index (χ2v) is 8.76. The molecule has 0 aliphatic rings. The van der Waals surface area contributed by atoms with E-state index in [4.69, 9.17) is 0 Å². The van der Waals surface area contributed by atoms with Gasteiger partial charge < -0.3 is 9.80 Å². The zero-order chi connectivity index (χ0) is 23.2. The zero-order valence-electron chi connectivity index (χ0n) is 20.9. The molecule has 0 radical (unpaired) electrons. The lowest BCUT2D eigenvalue weighted by Gasteiger charge is -2.34. The van der Waals surface area contributed by atoms with Crippen LogP contribution in [0.15, 0.2) is 48.5 Å². The third-order valence-corrected chi connectivity index (χ3v) is 6.08. The minimum atomic E-state index is 0.131. The molecule has 0 heterocycles. The molecule has 2 rings (SSSR count). The van der Waals surface area contributed by atoms with Gasteiger partial charge in [-0.2, -0.15) is 0 Å². The Balaban J connectivity index is 2.61. The first-order valence-electron chi connectivity index (χ1n) is 12.9. The van der Waals surface area contributed by atoms with E-state index in [0.717, 1.165) is 68.7 Å². The number of carbonyl (C=O) groups excluding carboxylic acids is 1. The van der Waals surface area contributed by atoms with Gasteiger partial charge in [0, 0.05) is 37.3 Å². The first-order chi connectivity index (χ1) is 15.7. The van der Waals surface area contributed by atoms with E-state index in [2.05, 4.69) is 49.6 Å². The third kappa shape index (κ3) is 7.39. The molecule has 0 atom stereocenters. The van der Waals surface area contributed by atoms with Gasteiger partial charge in [-0.05, 0) is 37.8 Å². The number of nitrogens with zero attached hydrogens (tertiary/aromatic N) is 2. The van der Waals surface area contributed by atoms with Gasteiger partial charge in [0.05, 0.1) is 11.4 Å². The van der Waals surface area contributed by atoms with Crippen molar-refractivity contribution < 1.29 is 4.79 Å². The molecule has 176 valence electrons. The highest BCUT2D eigenvalue weighted by Crippen LogP contribution is 2.36. The Hall–Kier alpha value is -2.29. The highest BCUT2D eigenvalue weighted by Gasteiger charge is 2.23. The summed E-state index contributed by atoms with van der Waals surface area (Å²) in [5, 5.41) is 0. The van der Waals surface area contributed by atoms with Crippen LogP contribution in [0, 0.1) is 0 Å². The first kappa shape index (κ1) is 26.0. The molecule has 0 unspecified atom stereocenters. The minimum Gasteiger partial charge on any atom is -0.370 e. The Bertz CT molecular complexity index is 771. The zero-order valence-corrected chi connectivity index (χ0v) is 20.9. The number of hydrogen-bond donors (Lipinski definition) is 0. The summed E-state index contributed by atoms with van der Waals surface area (Å²) in [6.07, 6.45) is 9.28. The fraction of sp³-hybridized carbons (Fsp3) is 0.552. The molecule has 0 aromatic heterocycles. The average molecular weight is 437 g/mol. The summed E-state index contributed by atoms with van der Waals surface area (Å²) in [4.78, 5) is 18.7. The Morgan fingerprint density at radius 2 is 1.12 bits per heavy atom. The molecule has 0 N–H and O–H groups in total. The molecule has 0 saturated carbocycles. The van der Waals surface area contributed by atoms with Crippen LogP contribution in [0.4, 0.5) is 11.4 Å². The second kappa shape index (κ2) is 14.7. The van der Waals surface area contributed by atoms with Crippen LogP contribution in [0.2, 0.25) is 0 Å². The molecule has 32 heavy (non-hydrogen) atoms. The molecule has 2 aromatic carbocycles.